The smallest absolute Gasteiger partial charge is 0.264 e. The summed E-state index contributed by atoms with van der Waals surface area (Å²) < 4.78 is 29.1. The minimum absolute atomic E-state index is 0.0333. The molecular formula is C34H34Cl3N3O4S. The molecule has 7 nitrogen and oxygen atoms in total. The van der Waals surface area contributed by atoms with Gasteiger partial charge in [-0.05, 0) is 80.4 Å². The Morgan fingerprint density at radius 3 is 1.96 bits per heavy atom. The summed E-state index contributed by atoms with van der Waals surface area (Å²) in [5.41, 5.74) is 1.13. The van der Waals surface area contributed by atoms with E-state index in [4.69, 9.17) is 34.8 Å². The highest BCUT2D eigenvalue weighted by molar-refractivity contribution is 7.92. The molecule has 11 heteroatoms. The fraction of sp³-hybridized carbons (Fsp3) is 0.235. The van der Waals surface area contributed by atoms with Crippen molar-refractivity contribution in [3.05, 3.63) is 129 Å². The molecule has 0 fully saturated rings. The van der Waals surface area contributed by atoms with Crippen LogP contribution in [0.1, 0.15) is 31.9 Å². The number of hydrogen-bond acceptors (Lipinski definition) is 4. The molecule has 0 spiro atoms. The zero-order valence-corrected chi connectivity index (χ0v) is 28.2. The number of amides is 2. The van der Waals surface area contributed by atoms with Crippen molar-refractivity contribution in [3.8, 4) is 0 Å². The Bertz CT molecular complexity index is 1730. The first-order chi connectivity index (χ1) is 21.2. The molecule has 1 atom stereocenters. The second-order valence-electron chi connectivity index (χ2n) is 11.5. The van der Waals surface area contributed by atoms with Crippen LogP contribution in [0.4, 0.5) is 5.69 Å². The van der Waals surface area contributed by atoms with E-state index in [0.29, 0.717) is 15.6 Å². The van der Waals surface area contributed by atoms with Gasteiger partial charge in [-0.25, -0.2) is 8.42 Å². The number of carbonyl (C=O) groups is 2. The second kappa shape index (κ2) is 14.7. The van der Waals surface area contributed by atoms with Gasteiger partial charge in [0.05, 0.1) is 20.6 Å². The van der Waals surface area contributed by atoms with E-state index in [1.165, 1.54) is 29.2 Å². The SMILES string of the molecule is CC(C)(C)NC(=O)[C@H](Cc1ccccc1)N(Cc1ccc(Cl)c(Cl)c1)C(=O)CN(c1ccccc1)S(=O)(=O)c1ccc(Cl)cc1. The number of para-hydroxylation sites is 1. The van der Waals surface area contributed by atoms with Crippen molar-refractivity contribution in [2.24, 2.45) is 0 Å². The van der Waals surface area contributed by atoms with Crippen molar-refractivity contribution < 1.29 is 18.0 Å². The molecular weight excluding hydrogens is 653 g/mol. The first-order valence-corrected chi connectivity index (χ1v) is 16.7. The van der Waals surface area contributed by atoms with Crippen LogP contribution in [0.25, 0.3) is 0 Å². The summed E-state index contributed by atoms with van der Waals surface area (Å²) in [6.45, 7) is 4.95. The number of anilines is 1. The molecule has 45 heavy (non-hydrogen) atoms. The highest BCUT2D eigenvalue weighted by atomic mass is 35.5. The normalized spacial score (nSPS) is 12.3. The summed E-state index contributed by atoms with van der Waals surface area (Å²) in [7, 11) is -4.23. The lowest BCUT2D eigenvalue weighted by molar-refractivity contribution is -0.140. The van der Waals surface area contributed by atoms with Crippen molar-refractivity contribution in [2.75, 3.05) is 10.8 Å². The number of nitrogens with one attached hydrogen (secondary N) is 1. The Morgan fingerprint density at radius 2 is 1.38 bits per heavy atom. The Hall–Kier alpha value is -3.56. The predicted octanol–water partition coefficient (Wildman–Crippen LogP) is 7.40. The Kier molecular flexibility index (Phi) is 11.2. The molecule has 0 saturated carbocycles. The van der Waals surface area contributed by atoms with Gasteiger partial charge in [-0.2, -0.15) is 0 Å². The Balaban J connectivity index is 1.81. The lowest BCUT2D eigenvalue weighted by Crippen LogP contribution is -2.56. The number of hydrogen-bond donors (Lipinski definition) is 1. The number of sulfonamides is 1. The number of carbonyl (C=O) groups excluding carboxylic acids is 2. The second-order valence-corrected chi connectivity index (χ2v) is 14.6. The van der Waals surface area contributed by atoms with Crippen molar-refractivity contribution in [1.82, 2.24) is 10.2 Å². The molecule has 1 N–H and O–H groups in total. The maximum Gasteiger partial charge on any atom is 0.264 e. The fourth-order valence-electron chi connectivity index (χ4n) is 4.70. The van der Waals surface area contributed by atoms with E-state index >= 15 is 0 Å². The minimum atomic E-state index is -4.23. The molecule has 0 aliphatic heterocycles. The topological polar surface area (TPSA) is 86.8 Å². The highest BCUT2D eigenvalue weighted by Crippen LogP contribution is 2.27. The average Bonchev–Trinajstić information content (AvgIpc) is 2.99. The minimum Gasteiger partial charge on any atom is -0.350 e. The number of benzene rings is 4. The average molecular weight is 687 g/mol. The van der Waals surface area contributed by atoms with E-state index in [2.05, 4.69) is 5.32 Å². The van der Waals surface area contributed by atoms with Crippen LogP contribution in [-0.2, 0) is 32.6 Å². The Labute approximate surface area is 279 Å². The van der Waals surface area contributed by atoms with Crippen LogP contribution < -0.4 is 9.62 Å². The monoisotopic (exact) mass is 685 g/mol. The molecule has 236 valence electrons. The lowest BCUT2D eigenvalue weighted by Gasteiger charge is -2.35. The van der Waals surface area contributed by atoms with E-state index in [1.807, 2.05) is 51.1 Å². The summed E-state index contributed by atoms with van der Waals surface area (Å²) in [6, 6.07) is 27.4. The van der Waals surface area contributed by atoms with Crippen LogP contribution in [-0.4, -0.2) is 43.3 Å². The first kappa shape index (κ1) is 34.3. The van der Waals surface area contributed by atoms with Gasteiger partial charge in [0, 0.05) is 23.5 Å². The summed E-state index contributed by atoms with van der Waals surface area (Å²) >= 11 is 18.5. The fourth-order valence-corrected chi connectivity index (χ4v) is 6.56. The predicted molar refractivity (Wildman–Crippen MR) is 181 cm³/mol. The molecule has 2 amide bonds. The summed E-state index contributed by atoms with van der Waals surface area (Å²) in [5, 5.41) is 4.01. The molecule has 0 aromatic heterocycles. The molecule has 0 heterocycles. The van der Waals surface area contributed by atoms with E-state index in [-0.39, 0.29) is 34.5 Å². The van der Waals surface area contributed by atoms with Gasteiger partial charge in [0.25, 0.3) is 10.0 Å². The highest BCUT2D eigenvalue weighted by Gasteiger charge is 2.35. The van der Waals surface area contributed by atoms with Crippen LogP contribution in [0.15, 0.2) is 108 Å². The van der Waals surface area contributed by atoms with Gasteiger partial charge in [0.2, 0.25) is 11.8 Å². The van der Waals surface area contributed by atoms with Crippen LogP contribution in [0.2, 0.25) is 15.1 Å². The van der Waals surface area contributed by atoms with Crippen LogP contribution in [0.5, 0.6) is 0 Å². The van der Waals surface area contributed by atoms with Gasteiger partial charge in [-0.15, -0.1) is 0 Å². The number of nitrogens with zero attached hydrogens (tertiary/aromatic N) is 2. The first-order valence-electron chi connectivity index (χ1n) is 14.2. The van der Waals surface area contributed by atoms with E-state index in [0.717, 1.165) is 9.87 Å². The van der Waals surface area contributed by atoms with Crippen LogP contribution >= 0.6 is 34.8 Å². The van der Waals surface area contributed by atoms with Crippen molar-refractivity contribution >= 4 is 62.3 Å². The molecule has 0 radical (unpaired) electrons. The quantitative estimate of drug-likeness (QED) is 0.178. The van der Waals surface area contributed by atoms with Crippen molar-refractivity contribution in [1.29, 1.82) is 0 Å². The van der Waals surface area contributed by atoms with Gasteiger partial charge in [-0.3, -0.25) is 13.9 Å². The zero-order valence-electron chi connectivity index (χ0n) is 25.1. The number of rotatable bonds is 11. The number of halogens is 3. The van der Waals surface area contributed by atoms with Gasteiger partial charge in [0.1, 0.15) is 12.6 Å². The third-order valence-corrected chi connectivity index (χ3v) is 9.61. The molecule has 4 rings (SSSR count). The standard InChI is InChI=1S/C34H34Cl3N3O4S/c1-34(2,3)38-33(42)31(21-24-10-6-4-7-11-24)39(22-25-14-19-29(36)30(37)20-25)32(41)23-40(27-12-8-5-9-13-27)45(43,44)28-17-15-26(35)16-18-28/h4-20,31H,21-23H2,1-3H3,(H,38,42)/t31-/m0/s1. The maximum absolute atomic E-state index is 14.5. The molecule has 4 aromatic carbocycles. The summed E-state index contributed by atoms with van der Waals surface area (Å²) in [6.07, 6.45) is 0.186. The maximum atomic E-state index is 14.5. The largest absolute Gasteiger partial charge is 0.350 e. The zero-order chi connectivity index (χ0) is 32.8. The molecule has 0 unspecified atom stereocenters. The van der Waals surface area contributed by atoms with Gasteiger partial charge in [-0.1, -0.05) is 89.4 Å². The molecule has 0 saturated heterocycles. The van der Waals surface area contributed by atoms with E-state index < -0.39 is 34.1 Å². The van der Waals surface area contributed by atoms with Crippen molar-refractivity contribution in [3.63, 3.8) is 0 Å². The van der Waals surface area contributed by atoms with Gasteiger partial charge in [0.15, 0.2) is 0 Å². The molecule has 0 bridgehead atoms. The molecule has 4 aromatic rings. The van der Waals surface area contributed by atoms with Crippen LogP contribution in [0, 0.1) is 0 Å². The molecule has 0 aliphatic carbocycles. The van der Waals surface area contributed by atoms with Gasteiger partial charge < -0.3 is 10.2 Å². The summed E-state index contributed by atoms with van der Waals surface area (Å²) in [5.74, 6) is -0.973. The lowest BCUT2D eigenvalue weighted by atomic mass is 10.0. The van der Waals surface area contributed by atoms with E-state index in [9.17, 15) is 18.0 Å². The molecule has 0 aliphatic rings. The third-order valence-electron chi connectivity index (χ3n) is 6.83. The third kappa shape index (κ3) is 9.23. The van der Waals surface area contributed by atoms with E-state index in [1.54, 1.807) is 48.5 Å². The van der Waals surface area contributed by atoms with Crippen molar-refractivity contribution in [2.45, 2.75) is 50.2 Å². The van der Waals surface area contributed by atoms with Crippen LogP contribution in [0.3, 0.4) is 0 Å². The summed E-state index contributed by atoms with van der Waals surface area (Å²) in [4.78, 5) is 29.8. The Morgan fingerprint density at radius 1 is 0.778 bits per heavy atom. The van der Waals surface area contributed by atoms with Gasteiger partial charge >= 0.3 is 0 Å².